The Hall–Kier alpha value is -0.0800. The van der Waals surface area contributed by atoms with E-state index in [-0.39, 0.29) is 0 Å². The zero-order valence-electron chi connectivity index (χ0n) is 8.21. The highest BCUT2D eigenvalue weighted by atomic mass is 15.2. The smallest absolute Gasteiger partial charge is 0.0221 e. The molecule has 0 aromatic carbocycles. The van der Waals surface area contributed by atoms with Crippen molar-refractivity contribution in [1.29, 1.82) is 0 Å². The van der Waals surface area contributed by atoms with Gasteiger partial charge in [-0.1, -0.05) is 13.8 Å². The summed E-state index contributed by atoms with van der Waals surface area (Å²) in [4.78, 5) is 2.67. The predicted octanol–water partition coefficient (Wildman–Crippen LogP) is 1.08. The minimum absolute atomic E-state index is 0.736. The molecule has 2 rings (SSSR count). The highest BCUT2D eigenvalue weighted by Crippen LogP contribution is 2.21. The number of fused-ring (bicyclic) bond motifs is 1. The first-order valence-corrected chi connectivity index (χ1v) is 5.25. The second-order valence-corrected chi connectivity index (χ2v) is 4.55. The molecule has 70 valence electrons. The van der Waals surface area contributed by atoms with Crippen LogP contribution < -0.4 is 5.32 Å². The number of rotatable bonds is 1. The predicted molar refractivity (Wildman–Crippen MR) is 51.2 cm³/mol. The minimum atomic E-state index is 0.736. The maximum absolute atomic E-state index is 3.65. The fraction of sp³-hybridized carbons (Fsp3) is 1.00. The van der Waals surface area contributed by atoms with Gasteiger partial charge in [0.2, 0.25) is 0 Å². The molecule has 2 aliphatic heterocycles. The van der Waals surface area contributed by atoms with Crippen LogP contribution in [-0.2, 0) is 0 Å². The van der Waals surface area contributed by atoms with E-state index in [0.717, 1.165) is 18.0 Å². The van der Waals surface area contributed by atoms with Crippen molar-refractivity contribution in [2.24, 2.45) is 5.92 Å². The first kappa shape index (κ1) is 8.52. The topological polar surface area (TPSA) is 15.3 Å². The van der Waals surface area contributed by atoms with E-state index in [1.54, 1.807) is 0 Å². The van der Waals surface area contributed by atoms with E-state index in [2.05, 4.69) is 24.1 Å². The zero-order chi connectivity index (χ0) is 8.55. The molecule has 0 radical (unpaired) electrons. The van der Waals surface area contributed by atoms with Crippen LogP contribution >= 0.6 is 0 Å². The minimum Gasteiger partial charge on any atom is -0.311 e. The monoisotopic (exact) mass is 168 g/mol. The maximum Gasteiger partial charge on any atom is 0.0221 e. The summed E-state index contributed by atoms with van der Waals surface area (Å²) in [6.07, 6.45) is 2.83. The molecule has 2 nitrogen and oxygen atoms in total. The summed E-state index contributed by atoms with van der Waals surface area (Å²) in [5.74, 6) is 0.784. The molecule has 0 spiro atoms. The first-order valence-electron chi connectivity index (χ1n) is 5.25. The second kappa shape index (κ2) is 3.35. The van der Waals surface area contributed by atoms with Crippen LogP contribution in [0.1, 0.15) is 26.7 Å². The summed E-state index contributed by atoms with van der Waals surface area (Å²) in [5.41, 5.74) is 0. The van der Waals surface area contributed by atoms with Gasteiger partial charge in [-0.2, -0.15) is 0 Å². The number of piperazine rings is 1. The van der Waals surface area contributed by atoms with Crippen LogP contribution in [0.2, 0.25) is 0 Å². The SMILES string of the molecule is CC(C)[C@@H]1CN2CCCC2CN1. The van der Waals surface area contributed by atoms with E-state index in [1.807, 2.05) is 0 Å². The molecule has 2 heterocycles. The Morgan fingerprint density at radius 1 is 1.42 bits per heavy atom. The average Bonchev–Trinajstić information content (AvgIpc) is 2.49. The first-order chi connectivity index (χ1) is 5.77. The third-order valence-electron chi connectivity index (χ3n) is 3.35. The number of hydrogen-bond donors (Lipinski definition) is 1. The Bertz CT molecular complexity index is 156. The maximum atomic E-state index is 3.65. The van der Waals surface area contributed by atoms with Gasteiger partial charge in [0.25, 0.3) is 0 Å². The lowest BCUT2D eigenvalue weighted by atomic mass is 10.0. The molecule has 0 aliphatic carbocycles. The Kier molecular flexibility index (Phi) is 2.37. The molecular formula is C10H20N2. The van der Waals surface area contributed by atoms with E-state index < -0.39 is 0 Å². The van der Waals surface area contributed by atoms with Gasteiger partial charge in [0.1, 0.15) is 0 Å². The molecular weight excluding hydrogens is 148 g/mol. The zero-order valence-corrected chi connectivity index (χ0v) is 8.21. The normalized spacial score (nSPS) is 37.2. The summed E-state index contributed by atoms with van der Waals surface area (Å²) >= 11 is 0. The van der Waals surface area contributed by atoms with Crippen molar-refractivity contribution in [1.82, 2.24) is 10.2 Å². The summed E-state index contributed by atoms with van der Waals surface area (Å²) in [7, 11) is 0. The molecule has 0 saturated carbocycles. The summed E-state index contributed by atoms with van der Waals surface area (Å²) < 4.78 is 0. The Morgan fingerprint density at radius 3 is 3.00 bits per heavy atom. The average molecular weight is 168 g/mol. The van der Waals surface area contributed by atoms with Gasteiger partial charge in [0.05, 0.1) is 0 Å². The van der Waals surface area contributed by atoms with Crippen LogP contribution in [-0.4, -0.2) is 36.6 Å². The Labute approximate surface area is 75.3 Å². The van der Waals surface area contributed by atoms with Crippen LogP contribution in [0.5, 0.6) is 0 Å². The largest absolute Gasteiger partial charge is 0.311 e. The molecule has 2 aliphatic rings. The standard InChI is InChI=1S/C10H20N2/c1-8(2)10-7-12-5-3-4-9(12)6-11-10/h8-11H,3-7H2,1-2H3/t9?,10-/m0/s1. The highest BCUT2D eigenvalue weighted by Gasteiger charge is 2.31. The van der Waals surface area contributed by atoms with E-state index >= 15 is 0 Å². The molecule has 1 N–H and O–H groups in total. The molecule has 1 unspecified atom stereocenters. The van der Waals surface area contributed by atoms with Crippen LogP contribution in [0.4, 0.5) is 0 Å². The summed E-state index contributed by atoms with van der Waals surface area (Å²) in [6, 6.07) is 1.60. The number of nitrogens with zero attached hydrogens (tertiary/aromatic N) is 1. The summed E-state index contributed by atoms with van der Waals surface area (Å²) in [6.45, 7) is 8.48. The highest BCUT2D eigenvalue weighted by molar-refractivity contribution is 4.90. The van der Waals surface area contributed by atoms with Crippen LogP contribution in [0.15, 0.2) is 0 Å². The van der Waals surface area contributed by atoms with Crippen LogP contribution in [0.25, 0.3) is 0 Å². The van der Waals surface area contributed by atoms with Crippen molar-refractivity contribution in [3.63, 3.8) is 0 Å². The van der Waals surface area contributed by atoms with Crippen molar-refractivity contribution < 1.29 is 0 Å². The lowest BCUT2D eigenvalue weighted by Crippen LogP contribution is -2.55. The van der Waals surface area contributed by atoms with Crippen molar-refractivity contribution >= 4 is 0 Å². The number of hydrogen-bond acceptors (Lipinski definition) is 2. The number of nitrogens with one attached hydrogen (secondary N) is 1. The summed E-state index contributed by atoms with van der Waals surface area (Å²) in [5, 5.41) is 3.65. The molecule has 0 aromatic heterocycles. The van der Waals surface area contributed by atoms with Gasteiger partial charge in [-0.3, -0.25) is 4.90 Å². The molecule has 0 aromatic rings. The molecule has 2 atom stereocenters. The van der Waals surface area contributed by atoms with Crippen LogP contribution in [0.3, 0.4) is 0 Å². The van der Waals surface area contributed by atoms with Gasteiger partial charge >= 0.3 is 0 Å². The lowest BCUT2D eigenvalue weighted by Gasteiger charge is -2.37. The Morgan fingerprint density at radius 2 is 2.25 bits per heavy atom. The Balaban J connectivity index is 1.92. The lowest BCUT2D eigenvalue weighted by molar-refractivity contribution is 0.151. The van der Waals surface area contributed by atoms with Gasteiger partial charge in [-0.05, 0) is 25.3 Å². The van der Waals surface area contributed by atoms with Gasteiger partial charge in [-0.25, -0.2) is 0 Å². The molecule has 2 saturated heterocycles. The molecule has 2 fully saturated rings. The molecule has 0 bridgehead atoms. The third-order valence-corrected chi connectivity index (χ3v) is 3.35. The fourth-order valence-corrected chi connectivity index (χ4v) is 2.42. The molecule has 0 amide bonds. The van der Waals surface area contributed by atoms with E-state index in [1.165, 1.54) is 32.5 Å². The fourth-order valence-electron chi connectivity index (χ4n) is 2.42. The van der Waals surface area contributed by atoms with Gasteiger partial charge in [0.15, 0.2) is 0 Å². The van der Waals surface area contributed by atoms with Crippen molar-refractivity contribution in [3.8, 4) is 0 Å². The second-order valence-electron chi connectivity index (χ2n) is 4.55. The molecule has 2 heteroatoms. The van der Waals surface area contributed by atoms with Gasteiger partial charge in [-0.15, -0.1) is 0 Å². The molecule has 12 heavy (non-hydrogen) atoms. The van der Waals surface area contributed by atoms with Crippen LogP contribution in [0, 0.1) is 5.92 Å². The quantitative estimate of drug-likeness (QED) is 0.630. The van der Waals surface area contributed by atoms with Crippen molar-refractivity contribution in [3.05, 3.63) is 0 Å². The van der Waals surface area contributed by atoms with E-state index in [9.17, 15) is 0 Å². The van der Waals surface area contributed by atoms with Crippen molar-refractivity contribution in [2.75, 3.05) is 19.6 Å². The third kappa shape index (κ3) is 1.50. The van der Waals surface area contributed by atoms with Gasteiger partial charge < -0.3 is 5.32 Å². The van der Waals surface area contributed by atoms with E-state index in [4.69, 9.17) is 0 Å². The van der Waals surface area contributed by atoms with Crippen molar-refractivity contribution in [2.45, 2.75) is 38.8 Å². The van der Waals surface area contributed by atoms with Gasteiger partial charge in [0, 0.05) is 25.2 Å². The van der Waals surface area contributed by atoms with E-state index in [0.29, 0.717) is 0 Å².